The first-order valence-electron chi connectivity index (χ1n) is 3.88. The Morgan fingerprint density at radius 2 is 2.29 bits per heavy atom. The summed E-state index contributed by atoms with van der Waals surface area (Å²) in [5.74, 6) is 0. The lowest BCUT2D eigenvalue weighted by Gasteiger charge is -1.93. The van der Waals surface area contributed by atoms with E-state index < -0.39 is 0 Å². The molecule has 0 amide bonds. The van der Waals surface area contributed by atoms with Crippen LogP contribution in [0.2, 0.25) is 0 Å². The molecule has 2 heterocycles. The van der Waals surface area contributed by atoms with Crippen molar-refractivity contribution in [2.75, 3.05) is 0 Å². The van der Waals surface area contributed by atoms with Crippen LogP contribution in [0.25, 0.3) is 11.1 Å². The summed E-state index contributed by atoms with van der Waals surface area (Å²) in [4.78, 5) is 27.9. The van der Waals surface area contributed by atoms with Crippen molar-refractivity contribution in [3.05, 3.63) is 39.2 Å². The van der Waals surface area contributed by atoms with Gasteiger partial charge in [0.25, 0.3) is 0 Å². The first-order valence-corrected chi connectivity index (χ1v) is 4.76. The standard InChI is InChI=1S/C9H6N2O2S/c12-4-8-1-6(5-14-8)7-2-10-9(13)11-3-7/h1-5H,(H,10,11,13). The van der Waals surface area contributed by atoms with Crippen LogP contribution in [0.15, 0.2) is 28.6 Å². The molecule has 0 spiro atoms. The highest BCUT2D eigenvalue weighted by Gasteiger charge is 2.01. The van der Waals surface area contributed by atoms with Gasteiger partial charge in [0.15, 0.2) is 6.29 Å². The number of aromatic amines is 1. The second-order valence-electron chi connectivity index (χ2n) is 2.66. The van der Waals surface area contributed by atoms with E-state index in [0.29, 0.717) is 4.88 Å². The van der Waals surface area contributed by atoms with Crippen molar-refractivity contribution in [2.45, 2.75) is 0 Å². The molecule has 2 aromatic heterocycles. The van der Waals surface area contributed by atoms with Gasteiger partial charge in [-0.1, -0.05) is 0 Å². The summed E-state index contributed by atoms with van der Waals surface area (Å²) in [7, 11) is 0. The smallest absolute Gasteiger partial charge is 0.312 e. The molecule has 0 aliphatic carbocycles. The van der Waals surface area contributed by atoms with E-state index in [2.05, 4.69) is 9.97 Å². The molecule has 0 aliphatic rings. The van der Waals surface area contributed by atoms with E-state index in [4.69, 9.17) is 0 Å². The molecule has 0 atom stereocenters. The average molecular weight is 206 g/mol. The van der Waals surface area contributed by atoms with Crippen molar-refractivity contribution in [3.63, 3.8) is 0 Å². The normalized spacial score (nSPS) is 10.0. The van der Waals surface area contributed by atoms with Gasteiger partial charge in [-0.15, -0.1) is 11.3 Å². The topological polar surface area (TPSA) is 62.8 Å². The van der Waals surface area contributed by atoms with E-state index in [1.54, 1.807) is 12.3 Å². The SMILES string of the molecule is O=Cc1cc(-c2cnc(=O)[nH]c2)cs1. The van der Waals surface area contributed by atoms with Gasteiger partial charge in [-0.3, -0.25) is 4.79 Å². The summed E-state index contributed by atoms with van der Waals surface area (Å²) in [5.41, 5.74) is 1.31. The van der Waals surface area contributed by atoms with E-state index >= 15 is 0 Å². The number of carbonyl (C=O) groups is 1. The van der Waals surface area contributed by atoms with E-state index in [0.717, 1.165) is 17.4 Å². The van der Waals surface area contributed by atoms with Gasteiger partial charge < -0.3 is 4.98 Å². The molecule has 0 saturated carbocycles. The Kier molecular flexibility index (Phi) is 2.24. The second-order valence-corrected chi connectivity index (χ2v) is 3.61. The zero-order valence-electron chi connectivity index (χ0n) is 7.06. The molecule has 0 fully saturated rings. The first-order chi connectivity index (χ1) is 6.79. The molecular formula is C9H6N2O2S. The van der Waals surface area contributed by atoms with Crippen molar-refractivity contribution in [1.29, 1.82) is 0 Å². The summed E-state index contributed by atoms with van der Waals surface area (Å²) in [5, 5.41) is 1.85. The van der Waals surface area contributed by atoms with Crippen molar-refractivity contribution >= 4 is 17.6 Å². The number of nitrogens with zero attached hydrogens (tertiary/aromatic N) is 1. The van der Waals surface area contributed by atoms with Crippen LogP contribution in [0.1, 0.15) is 9.67 Å². The number of thiophene rings is 1. The highest BCUT2D eigenvalue weighted by Crippen LogP contribution is 2.22. The molecule has 2 rings (SSSR count). The lowest BCUT2D eigenvalue weighted by atomic mass is 10.2. The molecule has 0 bridgehead atoms. The lowest BCUT2D eigenvalue weighted by Crippen LogP contribution is -2.07. The molecule has 0 aromatic carbocycles. The number of aromatic nitrogens is 2. The van der Waals surface area contributed by atoms with Gasteiger partial charge in [0.2, 0.25) is 0 Å². The zero-order chi connectivity index (χ0) is 9.97. The molecule has 1 N–H and O–H groups in total. The van der Waals surface area contributed by atoms with Crippen LogP contribution < -0.4 is 5.69 Å². The fourth-order valence-electron chi connectivity index (χ4n) is 1.07. The Bertz CT molecular complexity index is 495. The summed E-state index contributed by atoms with van der Waals surface area (Å²) >= 11 is 1.36. The quantitative estimate of drug-likeness (QED) is 0.753. The average Bonchev–Trinajstić information content (AvgIpc) is 2.67. The van der Waals surface area contributed by atoms with Crippen LogP contribution in [-0.2, 0) is 0 Å². The molecule has 0 unspecified atom stereocenters. The third-order valence-corrected chi connectivity index (χ3v) is 2.60. The van der Waals surface area contributed by atoms with Crippen molar-refractivity contribution in [3.8, 4) is 11.1 Å². The maximum atomic E-state index is 10.7. The van der Waals surface area contributed by atoms with Crippen LogP contribution in [0.5, 0.6) is 0 Å². The van der Waals surface area contributed by atoms with Crippen LogP contribution in [0.4, 0.5) is 0 Å². The van der Waals surface area contributed by atoms with E-state index in [1.807, 2.05) is 5.38 Å². The molecular weight excluding hydrogens is 200 g/mol. The van der Waals surface area contributed by atoms with Crippen LogP contribution in [-0.4, -0.2) is 16.3 Å². The Balaban J connectivity index is 2.44. The van der Waals surface area contributed by atoms with E-state index in [9.17, 15) is 9.59 Å². The van der Waals surface area contributed by atoms with Gasteiger partial charge in [-0.05, 0) is 17.0 Å². The number of H-pyrrole nitrogens is 1. The Morgan fingerprint density at radius 3 is 2.86 bits per heavy atom. The minimum absolute atomic E-state index is 0.375. The monoisotopic (exact) mass is 206 g/mol. The zero-order valence-corrected chi connectivity index (χ0v) is 7.88. The fraction of sp³-hybridized carbons (Fsp3) is 0. The second kappa shape index (κ2) is 3.55. The molecule has 14 heavy (non-hydrogen) atoms. The maximum absolute atomic E-state index is 10.7. The molecule has 0 aliphatic heterocycles. The minimum Gasteiger partial charge on any atom is -0.312 e. The highest BCUT2D eigenvalue weighted by molar-refractivity contribution is 7.12. The van der Waals surface area contributed by atoms with Gasteiger partial charge in [0.05, 0.1) is 4.88 Å². The summed E-state index contributed by atoms with van der Waals surface area (Å²) < 4.78 is 0. The third-order valence-electron chi connectivity index (χ3n) is 1.74. The summed E-state index contributed by atoms with van der Waals surface area (Å²) in [6, 6.07) is 1.76. The van der Waals surface area contributed by atoms with Gasteiger partial charge in [-0.25, -0.2) is 9.78 Å². The number of aldehydes is 1. The van der Waals surface area contributed by atoms with Crippen LogP contribution in [0.3, 0.4) is 0 Å². The number of hydrogen-bond acceptors (Lipinski definition) is 4. The lowest BCUT2D eigenvalue weighted by molar-refractivity contribution is 0.112. The van der Waals surface area contributed by atoms with Crippen molar-refractivity contribution in [1.82, 2.24) is 9.97 Å². The molecule has 2 aromatic rings. The predicted octanol–water partition coefficient (Wildman–Crippen LogP) is 1.31. The van der Waals surface area contributed by atoms with Crippen molar-refractivity contribution < 1.29 is 4.79 Å². The van der Waals surface area contributed by atoms with E-state index in [-0.39, 0.29) is 5.69 Å². The Morgan fingerprint density at radius 1 is 1.43 bits per heavy atom. The summed E-state index contributed by atoms with van der Waals surface area (Å²) in [6.45, 7) is 0. The van der Waals surface area contributed by atoms with E-state index in [1.165, 1.54) is 17.5 Å². The molecule has 0 saturated heterocycles. The number of nitrogens with one attached hydrogen (secondary N) is 1. The number of carbonyl (C=O) groups excluding carboxylic acids is 1. The van der Waals surface area contributed by atoms with Crippen molar-refractivity contribution in [2.24, 2.45) is 0 Å². The molecule has 0 radical (unpaired) electrons. The summed E-state index contributed by atoms with van der Waals surface area (Å²) in [6.07, 6.45) is 3.86. The maximum Gasteiger partial charge on any atom is 0.344 e. The molecule has 5 heteroatoms. The number of rotatable bonds is 2. The fourth-order valence-corrected chi connectivity index (χ4v) is 1.78. The van der Waals surface area contributed by atoms with Gasteiger partial charge in [0.1, 0.15) is 0 Å². The largest absolute Gasteiger partial charge is 0.344 e. The Labute approximate surface area is 83.3 Å². The predicted molar refractivity (Wildman–Crippen MR) is 53.6 cm³/mol. The number of hydrogen-bond donors (Lipinski definition) is 1. The Hall–Kier alpha value is -1.75. The minimum atomic E-state index is -0.375. The van der Waals surface area contributed by atoms with Crippen LogP contribution in [0, 0.1) is 0 Å². The van der Waals surface area contributed by atoms with Crippen LogP contribution >= 0.6 is 11.3 Å². The van der Waals surface area contributed by atoms with Gasteiger partial charge in [-0.2, -0.15) is 0 Å². The third kappa shape index (κ3) is 1.62. The van der Waals surface area contributed by atoms with Gasteiger partial charge >= 0.3 is 5.69 Å². The first kappa shape index (κ1) is 8.83. The molecule has 70 valence electrons. The highest BCUT2D eigenvalue weighted by atomic mass is 32.1. The molecule has 4 nitrogen and oxygen atoms in total. The van der Waals surface area contributed by atoms with Gasteiger partial charge in [0, 0.05) is 18.0 Å².